The van der Waals surface area contributed by atoms with Crippen molar-refractivity contribution >= 4 is 17.4 Å². The highest BCUT2D eigenvalue weighted by atomic mass is 19.4. The molecule has 35 heavy (non-hydrogen) atoms. The number of hydrogen-bond acceptors (Lipinski definition) is 6. The van der Waals surface area contributed by atoms with Gasteiger partial charge >= 0.3 is 11.9 Å². The molecular weight excluding hydrogens is 467 g/mol. The molecule has 0 bridgehead atoms. The summed E-state index contributed by atoms with van der Waals surface area (Å²) in [4.78, 5) is 41.7. The van der Waals surface area contributed by atoms with E-state index in [0.29, 0.717) is 12.8 Å². The second-order valence-electron chi connectivity index (χ2n) is 8.37. The van der Waals surface area contributed by atoms with E-state index in [1.807, 2.05) is 20.8 Å². The van der Waals surface area contributed by atoms with Crippen molar-refractivity contribution in [3.63, 3.8) is 0 Å². The number of amides is 1. The van der Waals surface area contributed by atoms with Crippen LogP contribution in [0.25, 0.3) is 5.69 Å². The van der Waals surface area contributed by atoms with E-state index in [1.165, 1.54) is 22.8 Å². The van der Waals surface area contributed by atoms with Crippen LogP contribution in [0.3, 0.4) is 0 Å². The molecule has 0 spiro atoms. The standard InChI is InChI=1S/C22H26F3N7O3/c1-4-5-10-30(17-18(26)31(11-13(2)3)21(35)27-19(17)33)20(34)15-12-32(29-28-15)16-9-7-6-8-14(16)22(23,24)25/h6-9,12-13H,4-5,10-11,26H2,1-3H3,(H,27,33,35). The number of nitrogens with two attached hydrogens (primary N) is 1. The number of nitrogens with zero attached hydrogens (tertiary/aromatic N) is 5. The Hall–Kier alpha value is -3.90. The number of nitrogen functional groups attached to an aromatic ring is 1. The third-order valence-electron chi connectivity index (χ3n) is 5.18. The summed E-state index contributed by atoms with van der Waals surface area (Å²) in [5.41, 5.74) is 2.83. The second kappa shape index (κ2) is 10.2. The minimum absolute atomic E-state index is 0.0159. The Labute approximate surface area is 198 Å². The van der Waals surface area contributed by atoms with Gasteiger partial charge in [-0.25, -0.2) is 9.48 Å². The molecule has 1 aromatic carbocycles. The summed E-state index contributed by atoms with van der Waals surface area (Å²) in [6.45, 7) is 5.85. The largest absolute Gasteiger partial charge is 0.418 e. The van der Waals surface area contributed by atoms with Gasteiger partial charge in [0.25, 0.3) is 11.5 Å². The number of benzene rings is 1. The number of rotatable bonds is 8. The van der Waals surface area contributed by atoms with E-state index >= 15 is 0 Å². The third kappa shape index (κ3) is 5.44. The van der Waals surface area contributed by atoms with E-state index in [4.69, 9.17) is 5.73 Å². The molecule has 3 aromatic rings. The van der Waals surface area contributed by atoms with E-state index < -0.39 is 28.9 Å². The quantitative estimate of drug-likeness (QED) is 0.496. The summed E-state index contributed by atoms with van der Waals surface area (Å²) in [6.07, 6.45) is -2.44. The predicted molar refractivity (Wildman–Crippen MR) is 124 cm³/mol. The lowest BCUT2D eigenvalue weighted by molar-refractivity contribution is -0.137. The highest BCUT2D eigenvalue weighted by Gasteiger charge is 2.34. The molecule has 0 radical (unpaired) electrons. The molecule has 2 aromatic heterocycles. The number of H-pyrrole nitrogens is 1. The number of unbranched alkanes of at least 4 members (excludes halogenated alkanes) is 1. The molecule has 0 aliphatic heterocycles. The van der Waals surface area contributed by atoms with Gasteiger partial charge in [-0.15, -0.1) is 5.10 Å². The van der Waals surface area contributed by atoms with Crippen LogP contribution in [0, 0.1) is 5.92 Å². The average molecular weight is 493 g/mol. The van der Waals surface area contributed by atoms with Gasteiger partial charge in [-0.2, -0.15) is 13.2 Å². The maximum absolute atomic E-state index is 13.4. The minimum atomic E-state index is -4.65. The van der Waals surface area contributed by atoms with Gasteiger partial charge in [0.15, 0.2) is 11.4 Å². The number of anilines is 2. The fourth-order valence-electron chi connectivity index (χ4n) is 3.55. The van der Waals surface area contributed by atoms with Crippen molar-refractivity contribution in [1.29, 1.82) is 0 Å². The molecular formula is C22H26F3N7O3. The summed E-state index contributed by atoms with van der Waals surface area (Å²) >= 11 is 0. The van der Waals surface area contributed by atoms with Crippen LogP contribution >= 0.6 is 0 Å². The van der Waals surface area contributed by atoms with Gasteiger partial charge in [-0.1, -0.05) is 44.5 Å². The Morgan fingerprint density at radius 1 is 1.23 bits per heavy atom. The molecule has 2 heterocycles. The van der Waals surface area contributed by atoms with Crippen molar-refractivity contribution in [2.75, 3.05) is 17.2 Å². The number of halogens is 3. The lowest BCUT2D eigenvalue weighted by Crippen LogP contribution is -2.42. The number of alkyl halides is 3. The molecule has 0 unspecified atom stereocenters. The van der Waals surface area contributed by atoms with Crippen molar-refractivity contribution in [2.45, 2.75) is 46.3 Å². The first-order valence-electron chi connectivity index (χ1n) is 11.0. The van der Waals surface area contributed by atoms with Crippen molar-refractivity contribution < 1.29 is 18.0 Å². The monoisotopic (exact) mass is 493 g/mol. The fourth-order valence-corrected chi connectivity index (χ4v) is 3.55. The molecule has 1 amide bonds. The highest BCUT2D eigenvalue weighted by Crippen LogP contribution is 2.33. The first-order valence-corrected chi connectivity index (χ1v) is 11.0. The number of para-hydroxylation sites is 1. The van der Waals surface area contributed by atoms with E-state index in [-0.39, 0.29) is 41.9 Å². The van der Waals surface area contributed by atoms with Gasteiger partial charge in [0.05, 0.1) is 17.4 Å². The number of hydrogen-bond donors (Lipinski definition) is 2. The van der Waals surface area contributed by atoms with E-state index in [0.717, 1.165) is 21.8 Å². The van der Waals surface area contributed by atoms with Crippen molar-refractivity contribution in [1.82, 2.24) is 24.5 Å². The maximum Gasteiger partial charge on any atom is 0.418 e. The molecule has 0 aliphatic carbocycles. The van der Waals surface area contributed by atoms with Crippen LogP contribution in [0.15, 0.2) is 40.1 Å². The first kappa shape index (κ1) is 25.7. The first-order chi connectivity index (χ1) is 16.5. The Bertz CT molecular complexity index is 1320. The molecule has 13 heteroatoms. The molecule has 3 rings (SSSR count). The molecule has 10 nitrogen and oxygen atoms in total. The Balaban J connectivity index is 2.08. The smallest absolute Gasteiger partial charge is 0.383 e. The van der Waals surface area contributed by atoms with E-state index in [9.17, 15) is 27.6 Å². The van der Waals surface area contributed by atoms with E-state index in [2.05, 4.69) is 15.3 Å². The van der Waals surface area contributed by atoms with Crippen molar-refractivity contribution in [3.8, 4) is 5.69 Å². The molecule has 0 atom stereocenters. The highest BCUT2D eigenvalue weighted by molar-refractivity contribution is 6.05. The average Bonchev–Trinajstić information content (AvgIpc) is 3.28. The van der Waals surface area contributed by atoms with Crippen molar-refractivity contribution in [3.05, 3.63) is 62.6 Å². The Morgan fingerprint density at radius 2 is 1.91 bits per heavy atom. The van der Waals surface area contributed by atoms with Crippen LogP contribution in [0.1, 0.15) is 49.7 Å². The SMILES string of the molecule is CCCCN(C(=O)c1cn(-c2ccccc2C(F)(F)F)nn1)c1c(N)n(CC(C)C)c(=O)[nH]c1=O. The van der Waals surface area contributed by atoms with Crippen LogP contribution < -0.4 is 21.9 Å². The molecule has 0 fully saturated rings. The van der Waals surface area contributed by atoms with Crippen LogP contribution in [-0.4, -0.2) is 37.0 Å². The molecule has 0 saturated carbocycles. The van der Waals surface area contributed by atoms with Gasteiger partial charge in [0.1, 0.15) is 5.82 Å². The number of carbonyl (C=O) groups is 1. The Morgan fingerprint density at radius 3 is 2.54 bits per heavy atom. The van der Waals surface area contributed by atoms with E-state index in [1.54, 1.807) is 0 Å². The van der Waals surface area contributed by atoms with Crippen LogP contribution in [0.4, 0.5) is 24.7 Å². The maximum atomic E-state index is 13.4. The second-order valence-corrected chi connectivity index (χ2v) is 8.37. The van der Waals surface area contributed by atoms with Gasteiger partial charge in [0, 0.05) is 13.1 Å². The lowest BCUT2D eigenvalue weighted by atomic mass is 10.1. The number of aromatic amines is 1. The van der Waals surface area contributed by atoms with Crippen LogP contribution in [0.2, 0.25) is 0 Å². The summed E-state index contributed by atoms with van der Waals surface area (Å²) in [6, 6.07) is 4.73. The molecule has 0 aliphatic rings. The summed E-state index contributed by atoms with van der Waals surface area (Å²) in [5, 5.41) is 7.45. The fraction of sp³-hybridized carbons (Fsp3) is 0.409. The lowest BCUT2D eigenvalue weighted by Gasteiger charge is -2.24. The predicted octanol–water partition coefficient (Wildman–Crippen LogP) is 2.82. The number of nitrogens with one attached hydrogen (secondary N) is 1. The van der Waals surface area contributed by atoms with Gasteiger partial charge in [-0.3, -0.25) is 24.0 Å². The zero-order valence-corrected chi connectivity index (χ0v) is 19.5. The van der Waals surface area contributed by atoms with Gasteiger partial charge in [-0.05, 0) is 24.5 Å². The molecule has 188 valence electrons. The summed E-state index contributed by atoms with van der Waals surface area (Å²) in [5.74, 6) is -0.963. The minimum Gasteiger partial charge on any atom is -0.383 e. The molecule has 3 N–H and O–H groups in total. The third-order valence-corrected chi connectivity index (χ3v) is 5.18. The summed E-state index contributed by atoms with van der Waals surface area (Å²) < 4.78 is 42.3. The van der Waals surface area contributed by atoms with Gasteiger partial charge < -0.3 is 5.73 Å². The number of carbonyl (C=O) groups excluding carboxylic acids is 1. The van der Waals surface area contributed by atoms with Gasteiger partial charge in [0.2, 0.25) is 0 Å². The molecule has 0 saturated heterocycles. The number of aromatic nitrogens is 5. The topological polar surface area (TPSA) is 132 Å². The zero-order valence-electron chi connectivity index (χ0n) is 19.5. The van der Waals surface area contributed by atoms with Crippen molar-refractivity contribution in [2.24, 2.45) is 5.92 Å². The normalized spacial score (nSPS) is 11.7. The zero-order chi connectivity index (χ0) is 25.9. The van der Waals surface area contributed by atoms with Crippen LogP contribution in [0.5, 0.6) is 0 Å². The van der Waals surface area contributed by atoms with Crippen LogP contribution in [-0.2, 0) is 12.7 Å². The Kier molecular flexibility index (Phi) is 7.46. The summed E-state index contributed by atoms with van der Waals surface area (Å²) in [7, 11) is 0.